The van der Waals surface area contributed by atoms with Crippen LogP contribution in [-0.2, 0) is 16.8 Å². The van der Waals surface area contributed by atoms with E-state index in [0.717, 1.165) is 5.56 Å². The minimum atomic E-state index is -1.18. The number of carbonyl (C=O) groups excluding carboxylic acids is 1. The van der Waals surface area contributed by atoms with Gasteiger partial charge in [0, 0.05) is 12.6 Å². The number of likely N-dealkylation sites (N-methyl/N-ethyl adjacent to an activating group) is 1. The number of carbonyl (C=O) groups is 2. The first-order chi connectivity index (χ1) is 10.7. The molecule has 0 aliphatic heterocycles. The predicted molar refractivity (Wildman–Crippen MR) is 85.2 cm³/mol. The maximum absolute atomic E-state index is 11.6. The van der Waals surface area contributed by atoms with Crippen molar-refractivity contribution in [2.45, 2.75) is 32.7 Å². The van der Waals surface area contributed by atoms with Crippen LogP contribution in [0.25, 0.3) is 11.3 Å². The van der Waals surface area contributed by atoms with Gasteiger partial charge >= 0.3 is 5.97 Å². The van der Waals surface area contributed by atoms with Crippen molar-refractivity contribution in [2.75, 3.05) is 7.05 Å². The molecule has 7 heteroatoms. The number of carboxylic acids is 1. The molecule has 0 atom stereocenters. The summed E-state index contributed by atoms with van der Waals surface area (Å²) in [5.74, 6) is -1.46. The lowest BCUT2D eigenvalue weighted by molar-refractivity contribution is -0.121. The predicted octanol–water partition coefficient (Wildman–Crippen LogP) is 1.69. The van der Waals surface area contributed by atoms with Gasteiger partial charge in [-0.15, -0.1) is 5.10 Å². The summed E-state index contributed by atoms with van der Waals surface area (Å²) in [6.45, 7) is 6.21. The molecule has 0 saturated carbocycles. The molecule has 0 bridgehead atoms. The van der Waals surface area contributed by atoms with E-state index in [-0.39, 0.29) is 23.6 Å². The van der Waals surface area contributed by atoms with Crippen molar-refractivity contribution in [1.82, 2.24) is 20.3 Å². The smallest absolute Gasteiger partial charge is 0.358 e. The highest BCUT2D eigenvalue weighted by molar-refractivity contribution is 5.93. The van der Waals surface area contributed by atoms with Crippen LogP contribution in [0.1, 0.15) is 36.8 Å². The normalized spacial score (nSPS) is 11.3. The second-order valence-corrected chi connectivity index (χ2v) is 6.25. The van der Waals surface area contributed by atoms with E-state index in [9.17, 15) is 14.7 Å². The van der Waals surface area contributed by atoms with E-state index < -0.39 is 5.97 Å². The average molecular weight is 316 g/mol. The second-order valence-electron chi connectivity index (χ2n) is 6.25. The average Bonchev–Trinajstić information content (AvgIpc) is 2.90. The van der Waals surface area contributed by atoms with E-state index in [2.05, 4.69) is 36.4 Å². The zero-order valence-electron chi connectivity index (χ0n) is 13.6. The maximum Gasteiger partial charge on any atom is 0.358 e. The van der Waals surface area contributed by atoms with Crippen LogP contribution in [0.15, 0.2) is 24.3 Å². The van der Waals surface area contributed by atoms with Gasteiger partial charge in [-0.05, 0) is 11.0 Å². The fourth-order valence-electron chi connectivity index (χ4n) is 2.20. The highest BCUT2D eigenvalue weighted by Gasteiger charge is 2.22. The SMILES string of the molecule is CNC(=O)Cn1nnc(C(=O)O)c1-c1ccc(C(C)(C)C)cc1. The zero-order valence-corrected chi connectivity index (χ0v) is 13.6. The molecule has 122 valence electrons. The van der Waals surface area contributed by atoms with Crippen molar-refractivity contribution < 1.29 is 14.7 Å². The third-order valence-corrected chi connectivity index (χ3v) is 3.53. The van der Waals surface area contributed by atoms with E-state index in [4.69, 9.17) is 0 Å². The van der Waals surface area contributed by atoms with E-state index in [0.29, 0.717) is 11.3 Å². The summed E-state index contributed by atoms with van der Waals surface area (Å²) >= 11 is 0. The minimum absolute atomic E-state index is 0.00521. The number of benzene rings is 1. The summed E-state index contributed by atoms with van der Waals surface area (Å²) in [4.78, 5) is 23.0. The number of nitrogens with zero attached hydrogens (tertiary/aromatic N) is 3. The molecule has 7 nitrogen and oxygen atoms in total. The number of hydrogen-bond acceptors (Lipinski definition) is 4. The van der Waals surface area contributed by atoms with Gasteiger partial charge in [-0.25, -0.2) is 9.48 Å². The molecular formula is C16H20N4O3. The standard InChI is InChI=1S/C16H20N4O3/c1-16(2,3)11-7-5-10(6-8-11)14-13(15(22)23)18-19-20(14)9-12(21)17-4/h5-8H,9H2,1-4H3,(H,17,21)(H,22,23). The number of amides is 1. The highest BCUT2D eigenvalue weighted by atomic mass is 16.4. The lowest BCUT2D eigenvalue weighted by Gasteiger charge is -2.19. The number of aromatic nitrogens is 3. The fraction of sp³-hybridized carbons (Fsp3) is 0.375. The molecule has 23 heavy (non-hydrogen) atoms. The summed E-state index contributed by atoms with van der Waals surface area (Å²) in [7, 11) is 1.51. The molecule has 2 aromatic rings. The minimum Gasteiger partial charge on any atom is -0.476 e. The molecule has 0 spiro atoms. The molecule has 2 rings (SSSR count). The van der Waals surface area contributed by atoms with Crippen LogP contribution >= 0.6 is 0 Å². The molecule has 0 aliphatic carbocycles. The Bertz CT molecular complexity index is 727. The summed E-state index contributed by atoms with van der Waals surface area (Å²) < 4.78 is 1.30. The topological polar surface area (TPSA) is 97.1 Å². The largest absolute Gasteiger partial charge is 0.476 e. The third kappa shape index (κ3) is 3.56. The maximum atomic E-state index is 11.6. The summed E-state index contributed by atoms with van der Waals surface area (Å²) in [5.41, 5.74) is 1.93. The molecular weight excluding hydrogens is 296 g/mol. The lowest BCUT2D eigenvalue weighted by Crippen LogP contribution is -2.24. The summed E-state index contributed by atoms with van der Waals surface area (Å²) in [6, 6.07) is 7.54. The number of nitrogens with one attached hydrogen (secondary N) is 1. The van der Waals surface area contributed by atoms with Gasteiger partial charge in [0.25, 0.3) is 0 Å². The first kappa shape index (κ1) is 16.7. The van der Waals surface area contributed by atoms with E-state index in [1.54, 1.807) is 0 Å². The van der Waals surface area contributed by atoms with Crippen LogP contribution < -0.4 is 5.32 Å². The Morgan fingerprint density at radius 3 is 2.30 bits per heavy atom. The van der Waals surface area contributed by atoms with Crippen LogP contribution in [0.3, 0.4) is 0 Å². The Hall–Kier alpha value is -2.70. The zero-order chi connectivity index (χ0) is 17.2. The van der Waals surface area contributed by atoms with Crippen LogP contribution in [0.5, 0.6) is 0 Å². The molecule has 0 unspecified atom stereocenters. The van der Waals surface area contributed by atoms with Gasteiger partial charge in [0.1, 0.15) is 12.2 Å². The van der Waals surface area contributed by atoms with Crippen LogP contribution in [-0.4, -0.2) is 39.0 Å². The molecule has 0 aliphatic rings. The summed E-state index contributed by atoms with van der Waals surface area (Å²) in [5, 5.41) is 19.3. The first-order valence-corrected chi connectivity index (χ1v) is 7.22. The molecule has 0 radical (unpaired) electrons. The van der Waals surface area contributed by atoms with E-state index in [1.807, 2.05) is 24.3 Å². The molecule has 2 N–H and O–H groups in total. The van der Waals surface area contributed by atoms with Gasteiger partial charge in [-0.3, -0.25) is 4.79 Å². The fourth-order valence-corrected chi connectivity index (χ4v) is 2.20. The Labute approximate surface area is 134 Å². The van der Waals surface area contributed by atoms with Crippen LogP contribution in [0.2, 0.25) is 0 Å². The molecule has 1 heterocycles. The Morgan fingerprint density at radius 1 is 1.22 bits per heavy atom. The van der Waals surface area contributed by atoms with Gasteiger partial charge in [0.05, 0.1) is 0 Å². The monoisotopic (exact) mass is 316 g/mol. The number of hydrogen-bond donors (Lipinski definition) is 2. The van der Waals surface area contributed by atoms with E-state index in [1.165, 1.54) is 11.7 Å². The quantitative estimate of drug-likeness (QED) is 0.894. The Kier molecular flexibility index (Phi) is 4.49. The van der Waals surface area contributed by atoms with Crippen molar-refractivity contribution in [1.29, 1.82) is 0 Å². The third-order valence-electron chi connectivity index (χ3n) is 3.53. The first-order valence-electron chi connectivity index (χ1n) is 7.22. The van der Waals surface area contributed by atoms with Crippen LogP contribution in [0, 0.1) is 0 Å². The lowest BCUT2D eigenvalue weighted by atomic mass is 9.86. The molecule has 0 saturated heterocycles. The summed E-state index contributed by atoms with van der Waals surface area (Å²) in [6.07, 6.45) is 0. The Morgan fingerprint density at radius 2 is 1.83 bits per heavy atom. The van der Waals surface area contributed by atoms with Crippen molar-refractivity contribution in [2.24, 2.45) is 0 Å². The van der Waals surface area contributed by atoms with Gasteiger partial charge in [-0.1, -0.05) is 50.3 Å². The van der Waals surface area contributed by atoms with Crippen molar-refractivity contribution in [3.63, 3.8) is 0 Å². The van der Waals surface area contributed by atoms with Crippen molar-refractivity contribution >= 4 is 11.9 Å². The highest BCUT2D eigenvalue weighted by Crippen LogP contribution is 2.27. The van der Waals surface area contributed by atoms with Gasteiger partial charge in [0.15, 0.2) is 5.69 Å². The van der Waals surface area contributed by atoms with E-state index >= 15 is 0 Å². The number of carboxylic acid groups (broad SMARTS) is 1. The van der Waals surface area contributed by atoms with Gasteiger partial charge in [0.2, 0.25) is 5.91 Å². The Balaban J connectivity index is 2.50. The number of aromatic carboxylic acids is 1. The van der Waals surface area contributed by atoms with Crippen molar-refractivity contribution in [3.05, 3.63) is 35.5 Å². The molecule has 1 aromatic carbocycles. The molecule has 0 fully saturated rings. The molecule has 1 aromatic heterocycles. The van der Waals surface area contributed by atoms with Crippen molar-refractivity contribution in [3.8, 4) is 11.3 Å². The van der Waals surface area contributed by atoms with Gasteiger partial charge < -0.3 is 10.4 Å². The number of rotatable bonds is 4. The molecule has 1 amide bonds. The van der Waals surface area contributed by atoms with Gasteiger partial charge in [-0.2, -0.15) is 0 Å². The second kappa shape index (κ2) is 6.20. The van der Waals surface area contributed by atoms with Crippen LogP contribution in [0.4, 0.5) is 0 Å².